The van der Waals surface area contributed by atoms with Crippen molar-refractivity contribution < 1.29 is 14.6 Å². The van der Waals surface area contributed by atoms with Gasteiger partial charge in [0.25, 0.3) is 0 Å². The summed E-state index contributed by atoms with van der Waals surface area (Å²) in [7, 11) is 1.68. The number of ether oxygens (including phenoxy) is 2. The maximum absolute atomic E-state index is 10.2. The molecule has 0 heterocycles. The Kier molecular flexibility index (Phi) is 9.22. The number of nitrogens with zero attached hydrogens (tertiary/aromatic N) is 1. The van der Waals surface area contributed by atoms with Crippen LogP contribution in [0.2, 0.25) is 0 Å². The standard InChI is InChI=1S/C19H33NO3/c1-15(2)10-20(12-18(21)14-23-13-16(3)4)11-17-7-6-8-19(9-17)22-5/h6-9,15-16,18,21H,10-14H2,1-5H3/t18-/m1/s1. The molecule has 0 unspecified atom stereocenters. The summed E-state index contributed by atoms with van der Waals surface area (Å²) in [4.78, 5) is 2.28. The lowest BCUT2D eigenvalue weighted by molar-refractivity contribution is 0.00522. The summed E-state index contributed by atoms with van der Waals surface area (Å²) in [6.45, 7) is 12.1. The Balaban J connectivity index is 2.57. The molecule has 0 aliphatic rings. The van der Waals surface area contributed by atoms with E-state index in [4.69, 9.17) is 9.47 Å². The Morgan fingerprint density at radius 3 is 2.39 bits per heavy atom. The smallest absolute Gasteiger partial charge is 0.119 e. The molecular formula is C19H33NO3. The number of aliphatic hydroxyl groups excluding tert-OH is 1. The van der Waals surface area contributed by atoms with Gasteiger partial charge in [0, 0.05) is 26.2 Å². The Labute approximate surface area is 141 Å². The average Bonchev–Trinajstić information content (AvgIpc) is 2.46. The first kappa shape index (κ1) is 19.9. The number of aliphatic hydroxyl groups is 1. The van der Waals surface area contributed by atoms with Gasteiger partial charge in [-0.15, -0.1) is 0 Å². The Morgan fingerprint density at radius 2 is 1.78 bits per heavy atom. The molecule has 0 aliphatic carbocycles. The van der Waals surface area contributed by atoms with Crippen LogP contribution in [0.15, 0.2) is 24.3 Å². The van der Waals surface area contributed by atoms with Crippen LogP contribution in [0.1, 0.15) is 33.3 Å². The van der Waals surface area contributed by atoms with Gasteiger partial charge in [0.05, 0.1) is 19.8 Å². The van der Waals surface area contributed by atoms with Gasteiger partial charge in [-0.2, -0.15) is 0 Å². The molecule has 0 aromatic heterocycles. The van der Waals surface area contributed by atoms with Crippen molar-refractivity contribution in [3.8, 4) is 5.75 Å². The highest BCUT2D eigenvalue weighted by atomic mass is 16.5. The summed E-state index contributed by atoms with van der Waals surface area (Å²) in [6.07, 6.45) is -0.460. The van der Waals surface area contributed by atoms with E-state index in [-0.39, 0.29) is 0 Å². The maximum Gasteiger partial charge on any atom is 0.119 e. The molecule has 132 valence electrons. The summed E-state index contributed by atoms with van der Waals surface area (Å²) < 4.78 is 10.8. The van der Waals surface area contributed by atoms with Crippen LogP contribution in [0.25, 0.3) is 0 Å². The van der Waals surface area contributed by atoms with Gasteiger partial charge < -0.3 is 14.6 Å². The van der Waals surface area contributed by atoms with Crippen LogP contribution < -0.4 is 4.74 Å². The van der Waals surface area contributed by atoms with E-state index in [0.29, 0.717) is 31.6 Å². The fourth-order valence-electron chi connectivity index (χ4n) is 2.54. The van der Waals surface area contributed by atoms with Gasteiger partial charge in [-0.1, -0.05) is 39.8 Å². The highest BCUT2D eigenvalue weighted by molar-refractivity contribution is 5.28. The van der Waals surface area contributed by atoms with Crippen LogP contribution in [0.3, 0.4) is 0 Å². The van der Waals surface area contributed by atoms with Gasteiger partial charge in [-0.25, -0.2) is 0 Å². The van der Waals surface area contributed by atoms with E-state index < -0.39 is 6.10 Å². The van der Waals surface area contributed by atoms with Crippen molar-refractivity contribution in [1.29, 1.82) is 0 Å². The molecule has 1 aromatic carbocycles. The summed E-state index contributed by atoms with van der Waals surface area (Å²) in [5, 5.41) is 10.2. The van der Waals surface area contributed by atoms with Gasteiger partial charge in [-0.05, 0) is 29.5 Å². The van der Waals surface area contributed by atoms with Crippen molar-refractivity contribution in [1.82, 2.24) is 4.90 Å². The predicted molar refractivity (Wildman–Crippen MR) is 94.8 cm³/mol. The molecule has 4 heteroatoms. The zero-order chi connectivity index (χ0) is 17.2. The minimum Gasteiger partial charge on any atom is -0.497 e. The summed E-state index contributed by atoms with van der Waals surface area (Å²) in [5.74, 6) is 1.91. The molecule has 0 spiro atoms. The first-order chi connectivity index (χ1) is 10.9. The second kappa shape index (κ2) is 10.6. The molecule has 1 N–H and O–H groups in total. The quantitative estimate of drug-likeness (QED) is 0.679. The summed E-state index contributed by atoms with van der Waals surface area (Å²) >= 11 is 0. The molecule has 0 saturated heterocycles. The second-order valence-corrected chi connectivity index (χ2v) is 7.02. The molecule has 1 aromatic rings. The minimum absolute atomic E-state index is 0.394. The summed E-state index contributed by atoms with van der Waals surface area (Å²) in [5.41, 5.74) is 1.19. The van der Waals surface area contributed by atoms with Crippen LogP contribution in [0.5, 0.6) is 5.75 Å². The number of methoxy groups -OCH3 is 1. The Morgan fingerprint density at radius 1 is 1.04 bits per heavy atom. The number of benzene rings is 1. The molecule has 4 nitrogen and oxygen atoms in total. The fraction of sp³-hybridized carbons (Fsp3) is 0.684. The largest absolute Gasteiger partial charge is 0.497 e. The number of hydrogen-bond acceptors (Lipinski definition) is 4. The molecule has 0 amide bonds. The van der Waals surface area contributed by atoms with Crippen molar-refractivity contribution >= 4 is 0 Å². The number of hydrogen-bond donors (Lipinski definition) is 1. The van der Waals surface area contributed by atoms with Crippen molar-refractivity contribution in [3.05, 3.63) is 29.8 Å². The molecule has 0 radical (unpaired) electrons. The van der Waals surface area contributed by atoms with Crippen LogP contribution in [-0.2, 0) is 11.3 Å². The van der Waals surface area contributed by atoms with Gasteiger partial charge in [0.15, 0.2) is 0 Å². The molecule has 0 bridgehead atoms. The van der Waals surface area contributed by atoms with E-state index in [9.17, 15) is 5.11 Å². The number of rotatable bonds is 11. The molecule has 23 heavy (non-hydrogen) atoms. The van der Waals surface area contributed by atoms with Crippen LogP contribution >= 0.6 is 0 Å². The third-order valence-electron chi connectivity index (χ3n) is 3.39. The van der Waals surface area contributed by atoms with E-state index in [1.165, 1.54) is 5.56 Å². The third kappa shape index (κ3) is 8.94. The minimum atomic E-state index is -0.460. The average molecular weight is 323 g/mol. The fourth-order valence-corrected chi connectivity index (χ4v) is 2.54. The van der Waals surface area contributed by atoms with Gasteiger partial charge in [0.2, 0.25) is 0 Å². The lowest BCUT2D eigenvalue weighted by atomic mass is 10.1. The van der Waals surface area contributed by atoms with Crippen molar-refractivity contribution in [2.75, 3.05) is 33.4 Å². The normalized spacial score (nSPS) is 13.1. The Bertz CT molecular complexity index is 434. The van der Waals surface area contributed by atoms with Gasteiger partial charge >= 0.3 is 0 Å². The summed E-state index contributed by atoms with van der Waals surface area (Å²) in [6, 6.07) is 8.10. The van der Waals surface area contributed by atoms with E-state index in [0.717, 1.165) is 18.8 Å². The van der Waals surface area contributed by atoms with Gasteiger partial charge in [0.1, 0.15) is 5.75 Å². The van der Waals surface area contributed by atoms with E-state index in [1.807, 2.05) is 12.1 Å². The van der Waals surface area contributed by atoms with Crippen LogP contribution in [-0.4, -0.2) is 49.5 Å². The second-order valence-electron chi connectivity index (χ2n) is 7.02. The molecular weight excluding hydrogens is 290 g/mol. The van der Waals surface area contributed by atoms with Crippen molar-refractivity contribution in [3.63, 3.8) is 0 Å². The monoisotopic (exact) mass is 323 g/mol. The lowest BCUT2D eigenvalue weighted by Gasteiger charge is -2.27. The lowest BCUT2D eigenvalue weighted by Crippen LogP contribution is -2.37. The topological polar surface area (TPSA) is 41.9 Å². The molecule has 0 fully saturated rings. The Hall–Kier alpha value is -1.10. The maximum atomic E-state index is 10.2. The molecule has 0 aliphatic heterocycles. The van der Waals surface area contributed by atoms with E-state index >= 15 is 0 Å². The molecule has 0 saturated carbocycles. The third-order valence-corrected chi connectivity index (χ3v) is 3.39. The van der Waals surface area contributed by atoms with Crippen LogP contribution in [0, 0.1) is 11.8 Å². The van der Waals surface area contributed by atoms with E-state index in [1.54, 1.807) is 7.11 Å². The van der Waals surface area contributed by atoms with Crippen LogP contribution in [0.4, 0.5) is 0 Å². The highest BCUT2D eigenvalue weighted by Gasteiger charge is 2.14. The molecule has 1 rings (SSSR count). The zero-order valence-electron chi connectivity index (χ0n) is 15.3. The zero-order valence-corrected chi connectivity index (χ0v) is 15.3. The van der Waals surface area contributed by atoms with Gasteiger partial charge in [-0.3, -0.25) is 4.90 Å². The van der Waals surface area contributed by atoms with E-state index in [2.05, 4.69) is 44.7 Å². The SMILES string of the molecule is COc1cccc(CN(CC(C)C)C[C@@H](O)COCC(C)C)c1. The first-order valence-corrected chi connectivity index (χ1v) is 8.51. The highest BCUT2D eigenvalue weighted by Crippen LogP contribution is 2.15. The van der Waals surface area contributed by atoms with Crippen molar-refractivity contribution in [2.24, 2.45) is 11.8 Å². The van der Waals surface area contributed by atoms with Crippen molar-refractivity contribution in [2.45, 2.75) is 40.3 Å². The first-order valence-electron chi connectivity index (χ1n) is 8.51. The predicted octanol–water partition coefficient (Wildman–Crippen LogP) is 3.19. The molecule has 1 atom stereocenters.